The van der Waals surface area contributed by atoms with E-state index in [9.17, 15) is 22.4 Å². The van der Waals surface area contributed by atoms with Crippen LogP contribution in [0.5, 0.6) is 0 Å². The van der Waals surface area contributed by atoms with Crippen molar-refractivity contribution in [3.8, 4) is 0 Å². The lowest BCUT2D eigenvalue weighted by molar-refractivity contribution is -0.139. The zero-order valence-corrected chi connectivity index (χ0v) is 16.3. The Balaban J connectivity index is 1.38. The van der Waals surface area contributed by atoms with Crippen molar-refractivity contribution in [2.45, 2.75) is 12.3 Å². The summed E-state index contributed by atoms with van der Waals surface area (Å²) in [5, 5.41) is 6.81. The lowest BCUT2D eigenvalue weighted by Crippen LogP contribution is -2.46. The van der Waals surface area contributed by atoms with Gasteiger partial charge in [0.05, 0.1) is 11.3 Å². The van der Waals surface area contributed by atoms with E-state index in [1.807, 2.05) is 0 Å². The van der Waals surface area contributed by atoms with Crippen LogP contribution < -0.4 is 21.1 Å². The number of nitrogens with one attached hydrogen (secondary N) is 3. The maximum Gasteiger partial charge on any atom is 0.419 e. The van der Waals surface area contributed by atoms with Crippen LogP contribution in [0, 0.1) is 5.82 Å². The van der Waals surface area contributed by atoms with E-state index in [1.54, 1.807) is 36.5 Å². The second kappa shape index (κ2) is 8.63. The number of rotatable bonds is 5. The fraction of sp³-hybridized carbons (Fsp3) is 0.0952. The summed E-state index contributed by atoms with van der Waals surface area (Å²) in [6.45, 7) is 0. The van der Waals surface area contributed by atoms with Gasteiger partial charge in [-0.1, -0.05) is 6.07 Å². The van der Waals surface area contributed by atoms with E-state index < -0.39 is 29.6 Å². The molecule has 2 heterocycles. The maximum absolute atomic E-state index is 14.3. The molecule has 32 heavy (non-hydrogen) atoms. The van der Waals surface area contributed by atoms with Gasteiger partial charge < -0.3 is 10.6 Å². The second-order valence-corrected chi connectivity index (χ2v) is 6.73. The molecule has 0 aliphatic carbocycles. The summed E-state index contributed by atoms with van der Waals surface area (Å²) < 4.78 is 53.1. The average Bonchev–Trinajstić information content (AvgIpc) is 3.22. The monoisotopic (exact) mass is 444 g/mol. The van der Waals surface area contributed by atoms with Crippen molar-refractivity contribution in [2.75, 3.05) is 10.3 Å². The first-order valence-corrected chi connectivity index (χ1v) is 9.35. The topological polar surface area (TPSA) is 82.2 Å². The van der Waals surface area contributed by atoms with Crippen LogP contribution in [-0.2, 0) is 6.18 Å². The first-order valence-electron chi connectivity index (χ1n) is 9.35. The standard InChI is InChI=1S/C21H16F4N6O/c22-19-15(21(23,24)25)2-1-3-16(19)31-11-9-18(30-31)29-20(32)13-4-6-14(7-5-13)28-17-8-10-26-12-27-17/h1-12,18,30H,(H,29,32)(H,26,27,28). The van der Waals surface area contributed by atoms with E-state index in [1.165, 1.54) is 24.7 Å². The Morgan fingerprint density at radius 2 is 1.88 bits per heavy atom. The molecule has 0 fully saturated rings. The molecule has 7 nitrogen and oxygen atoms in total. The van der Waals surface area contributed by atoms with E-state index in [4.69, 9.17) is 0 Å². The highest BCUT2D eigenvalue weighted by Crippen LogP contribution is 2.35. The molecule has 0 spiro atoms. The summed E-state index contributed by atoms with van der Waals surface area (Å²) in [6.07, 6.45) is 0.274. The van der Waals surface area contributed by atoms with Gasteiger partial charge >= 0.3 is 6.18 Å². The lowest BCUT2D eigenvalue weighted by Gasteiger charge is -2.22. The molecular weight excluding hydrogens is 428 g/mol. The number of amides is 1. The van der Waals surface area contributed by atoms with Gasteiger partial charge in [0.15, 0.2) is 5.82 Å². The molecule has 1 atom stereocenters. The maximum atomic E-state index is 14.3. The summed E-state index contributed by atoms with van der Waals surface area (Å²) in [6, 6.07) is 11.3. The van der Waals surface area contributed by atoms with E-state index in [-0.39, 0.29) is 5.69 Å². The Kier molecular flexibility index (Phi) is 5.73. The molecule has 0 saturated heterocycles. The van der Waals surface area contributed by atoms with Gasteiger partial charge in [-0.25, -0.2) is 19.8 Å². The fourth-order valence-corrected chi connectivity index (χ4v) is 3.01. The molecular formula is C21H16F4N6O. The average molecular weight is 444 g/mol. The van der Waals surface area contributed by atoms with Gasteiger partial charge in [-0.15, -0.1) is 0 Å². The molecule has 0 radical (unpaired) electrons. The molecule has 1 aliphatic rings. The van der Waals surface area contributed by atoms with Crippen LogP contribution >= 0.6 is 0 Å². The molecule has 0 saturated carbocycles. The largest absolute Gasteiger partial charge is 0.419 e. The van der Waals surface area contributed by atoms with Crippen molar-refractivity contribution in [2.24, 2.45) is 0 Å². The van der Waals surface area contributed by atoms with Gasteiger partial charge in [0.1, 0.15) is 18.3 Å². The number of hydrogen-bond donors (Lipinski definition) is 3. The summed E-state index contributed by atoms with van der Waals surface area (Å²) >= 11 is 0. The quantitative estimate of drug-likeness (QED) is 0.517. The van der Waals surface area contributed by atoms with Crippen LogP contribution in [0.15, 0.2) is 73.3 Å². The number of benzene rings is 2. The third-order valence-corrected chi connectivity index (χ3v) is 4.54. The number of nitrogens with zero attached hydrogens (tertiary/aromatic N) is 3. The molecule has 2 aromatic carbocycles. The lowest BCUT2D eigenvalue weighted by atomic mass is 10.1. The Labute approximate surface area is 179 Å². The number of hydrogen-bond acceptors (Lipinski definition) is 6. The molecule has 3 aromatic rings. The minimum absolute atomic E-state index is 0.312. The number of carbonyl (C=O) groups is 1. The highest BCUT2D eigenvalue weighted by atomic mass is 19.4. The Morgan fingerprint density at radius 3 is 2.56 bits per heavy atom. The minimum atomic E-state index is -4.81. The predicted octanol–water partition coefficient (Wildman–Crippen LogP) is 3.97. The summed E-state index contributed by atoms with van der Waals surface area (Å²) in [5.41, 5.74) is 2.12. The van der Waals surface area contributed by atoms with Crippen molar-refractivity contribution in [1.82, 2.24) is 20.7 Å². The number of hydrazine groups is 1. The molecule has 4 rings (SSSR count). The third kappa shape index (κ3) is 4.67. The van der Waals surface area contributed by atoms with Crippen molar-refractivity contribution in [3.63, 3.8) is 0 Å². The molecule has 0 bridgehead atoms. The summed E-state index contributed by atoms with van der Waals surface area (Å²) in [7, 11) is 0. The van der Waals surface area contributed by atoms with Crippen LogP contribution in [0.4, 0.5) is 34.8 Å². The minimum Gasteiger partial charge on any atom is -0.340 e. The van der Waals surface area contributed by atoms with Crippen LogP contribution in [0.25, 0.3) is 0 Å². The van der Waals surface area contributed by atoms with E-state index in [2.05, 4.69) is 26.0 Å². The number of halogens is 4. The predicted molar refractivity (Wildman–Crippen MR) is 109 cm³/mol. The number of anilines is 3. The molecule has 1 unspecified atom stereocenters. The van der Waals surface area contributed by atoms with Gasteiger partial charge in [0.25, 0.3) is 5.91 Å². The molecule has 11 heteroatoms. The smallest absolute Gasteiger partial charge is 0.340 e. The molecule has 1 aliphatic heterocycles. The van der Waals surface area contributed by atoms with Gasteiger partial charge in [-0.2, -0.15) is 13.2 Å². The Bertz CT molecular complexity index is 1140. The van der Waals surface area contributed by atoms with Crippen LogP contribution in [0.2, 0.25) is 0 Å². The Morgan fingerprint density at radius 1 is 1.09 bits per heavy atom. The van der Waals surface area contributed by atoms with E-state index in [0.29, 0.717) is 23.1 Å². The van der Waals surface area contributed by atoms with Crippen molar-refractivity contribution < 1.29 is 22.4 Å². The second-order valence-electron chi connectivity index (χ2n) is 6.73. The van der Waals surface area contributed by atoms with Crippen LogP contribution in [0.3, 0.4) is 0 Å². The molecule has 164 valence electrons. The van der Waals surface area contributed by atoms with Crippen molar-refractivity contribution in [1.29, 1.82) is 0 Å². The van der Waals surface area contributed by atoms with Gasteiger partial charge in [0.2, 0.25) is 0 Å². The third-order valence-electron chi connectivity index (χ3n) is 4.54. The number of alkyl halides is 3. The highest BCUT2D eigenvalue weighted by Gasteiger charge is 2.36. The van der Waals surface area contributed by atoms with Crippen molar-refractivity contribution in [3.05, 3.63) is 90.3 Å². The van der Waals surface area contributed by atoms with Gasteiger partial charge in [-0.05, 0) is 48.5 Å². The van der Waals surface area contributed by atoms with Gasteiger partial charge in [-0.3, -0.25) is 9.80 Å². The molecule has 1 amide bonds. The Hall–Kier alpha value is -3.99. The van der Waals surface area contributed by atoms with Crippen molar-refractivity contribution >= 4 is 23.1 Å². The normalized spacial score (nSPS) is 15.6. The van der Waals surface area contributed by atoms with Crippen LogP contribution in [-0.4, -0.2) is 22.0 Å². The first-order chi connectivity index (χ1) is 15.3. The van der Waals surface area contributed by atoms with E-state index in [0.717, 1.165) is 11.1 Å². The number of aromatic nitrogens is 2. The molecule has 1 aromatic heterocycles. The van der Waals surface area contributed by atoms with Crippen LogP contribution in [0.1, 0.15) is 15.9 Å². The zero-order chi connectivity index (χ0) is 22.7. The fourth-order valence-electron chi connectivity index (χ4n) is 3.01. The SMILES string of the molecule is O=C(NC1C=CN(c2cccc(C(F)(F)F)c2F)N1)c1ccc(Nc2ccncn2)cc1. The highest BCUT2D eigenvalue weighted by molar-refractivity contribution is 5.95. The summed E-state index contributed by atoms with van der Waals surface area (Å²) in [4.78, 5) is 20.4. The number of carbonyl (C=O) groups excluding carboxylic acids is 1. The summed E-state index contributed by atoms with van der Waals surface area (Å²) in [5.74, 6) is -1.23. The first kappa shape index (κ1) is 21.2. The van der Waals surface area contributed by atoms with E-state index >= 15 is 0 Å². The molecule has 3 N–H and O–H groups in total. The zero-order valence-electron chi connectivity index (χ0n) is 16.3. The van der Waals surface area contributed by atoms with Gasteiger partial charge in [0, 0.05) is 23.6 Å².